The van der Waals surface area contributed by atoms with Crippen molar-refractivity contribution in [3.05, 3.63) is 264 Å². The molecule has 2 nitrogen and oxygen atoms in total. The van der Waals surface area contributed by atoms with Gasteiger partial charge in [0.15, 0.2) is 0 Å². The average molecular weight is 797 g/mol. The van der Waals surface area contributed by atoms with Crippen LogP contribution in [0.4, 0.5) is 34.1 Å². The number of benzene rings is 9. The molecule has 0 fully saturated rings. The Balaban J connectivity index is 1.31. The Bertz CT molecular complexity index is 3140. The van der Waals surface area contributed by atoms with E-state index in [1.165, 1.54) is 60.5 Å². The van der Waals surface area contributed by atoms with Crippen LogP contribution in [-0.2, 0) is 5.41 Å². The van der Waals surface area contributed by atoms with Gasteiger partial charge < -0.3 is 9.80 Å². The Morgan fingerprint density at radius 3 is 1.52 bits per heavy atom. The lowest BCUT2D eigenvalue weighted by molar-refractivity contribution is 0.777. The van der Waals surface area contributed by atoms with Gasteiger partial charge in [-0.3, -0.25) is 0 Å². The molecule has 0 radical (unpaired) electrons. The molecule has 1 aliphatic rings. The van der Waals surface area contributed by atoms with Crippen LogP contribution in [0.3, 0.4) is 0 Å². The normalized spacial score (nSPS) is 14.4. The Morgan fingerprint density at radius 2 is 0.935 bits per heavy atom. The van der Waals surface area contributed by atoms with Crippen molar-refractivity contribution in [1.82, 2.24) is 0 Å². The lowest BCUT2D eigenvalue weighted by Gasteiger charge is -2.36. The van der Waals surface area contributed by atoms with Crippen molar-refractivity contribution in [2.45, 2.75) is 26.2 Å². The first-order valence-corrected chi connectivity index (χ1v) is 21.5. The molecular formula is C60H48N2. The number of para-hydroxylation sites is 2. The van der Waals surface area contributed by atoms with Crippen LogP contribution >= 0.6 is 0 Å². The molecule has 62 heavy (non-hydrogen) atoms. The molecule has 1 atom stereocenters. The lowest BCUT2D eigenvalue weighted by atomic mass is 9.66. The number of rotatable bonds is 10. The van der Waals surface area contributed by atoms with E-state index >= 15 is 0 Å². The molecule has 0 aromatic heterocycles. The van der Waals surface area contributed by atoms with Gasteiger partial charge in [0.1, 0.15) is 0 Å². The zero-order valence-electron chi connectivity index (χ0n) is 35.5. The van der Waals surface area contributed by atoms with Crippen LogP contribution in [0.1, 0.15) is 34.7 Å². The minimum Gasteiger partial charge on any atom is -0.310 e. The van der Waals surface area contributed by atoms with Crippen LogP contribution in [0.15, 0.2) is 237 Å². The van der Waals surface area contributed by atoms with Crippen LogP contribution in [0.5, 0.6) is 0 Å². The quantitative estimate of drug-likeness (QED) is 0.100. The first-order valence-electron chi connectivity index (χ1n) is 21.5. The second kappa shape index (κ2) is 16.1. The Labute approximate surface area is 365 Å². The highest BCUT2D eigenvalue weighted by atomic mass is 15.1. The number of fused-ring (bicyclic) bond motifs is 8. The second-order valence-corrected chi connectivity index (χ2v) is 16.3. The van der Waals surface area contributed by atoms with E-state index in [1.54, 1.807) is 0 Å². The molecule has 0 spiro atoms. The minimum absolute atomic E-state index is 0.741. The second-order valence-electron chi connectivity index (χ2n) is 16.3. The van der Waals surface area contributed by atoms with E-state index in [4.69, 9.17) is 6.58 Å². The van der Waals surface area contributed by atoms with Crippen molar-refractivity contribution in [3.63, 3.8) is 0 Å². The van der Waals surface area contributed by atoms with Gasteiger partial charge >= 0.3 is 0 Å². The van der Waals surface area contributed by atoms with E-state index in [0.717, 1.165) is 39.7 Å². The summed E-state index contributed by atoms with van der Waals surface area (Å²) in [5, 5.41) is 4.86. The highest BCUT2D eigenvalue weighted by Crippen LogP contribution is 2.61. The maximum absolute atomic E-state index is 5.03. The largest absolute Gasteiger partial charge is 0.310 e. The Morgan fingerprint density at radius 1 is 0.452 bits per heavy atom. The molecule has 2 heteroatoms. The first kappa shape index (κ1) is 38.5. The maximum atomic E-state index is 5.03. The first-order chi connectivity index (χ1) is 30.5. The molecule has 0 saturated heterocycles. The van der Waals surface area contributed by atoms with Gasteiger partial charge in [-0.2, -0.15) is 0 Å². The standard InChI is InChI=1S/C60H48N2/c1-5-6-10-19-44(4)60(45-20-11-7-12-21-45)57-41-51(62(47-24-15-9-16-25-47)49-34-30-43(3)31-35-49)37-39-55(57)58-53-27-18-17-26-52(53)56-40-50(36-38-54(56)59(58)60)61(46-22-13-8-14-23-46)48-32-28-42(2)29-33-48/h5-41H,4H2,1-3H3/b6-5-,19-10-. The highest BCUT2D eigenvalue weighted by Gasteiger charge is 2.48. The predicted octanol–water partition coefficient (Wildman–Crippen LogP) is 16.6. The van der Waals surface area contributed by atoms with Gasteiger partial charge in [-0.25, -0.2) is 0 Å². The van der Waals surface area contributed by atoms with Crippen molar-refractivity contribution in [2.24, 2.45) is 0 Å². The van der Waals surface area contributed by atoms with Crippen LogP contribution < -0.4 is 9.80 Å². The highest BCUT2D eigenvalue weighted by molar-refractivity contribution is 6.20. The van der Waals surface area contributed by atoms with Crippen molar-refractivity contribution < 1.29 is 0 Å². The van der Waals surface area contributed by atoms with Crippen LogP contribution in [0, 0.1) is 13.8 Å². The molecule has 0 saturated carbocycles. The molecule has 9 aromatic rings. The third kappa shape index (κ3) is 6.44. The van der Waals surface area contributed by atoms with Gasteiger partial charge in [0.05, 0.1) is 5.41 Å². The van der Waals surface area contributed by atoms with Gasteiger partial charge in [0.25, 0.3) is 0 Å². The van der Waals surface area contributed by atoms with Crippen LogP contribution in [0.25, 0.3) is 32.7 Å². The van der Waals surface area contributed by atoms with Crippen LogP contribution in [0.2, 0.25) is 0 Å². The van der Waals surface area contributed by atoms with Gasteiger partial charge in [-0.15, -0.1) is 0 Å². The summed E-state index contributed by atoms with van der Waals surface area (Å²) in [5.74, 6) is 0. The molecule has 0 N–H and O–H groups in total. The Hall–Kier alpha value is -7.68. The SMILES string of the molecule is C=C(/C=C\C=C/C)C1(c2ccccc2)c2cc(N(c3ccccc3)c3ccc(C)cc3)ccc2-c2c1c1ccc(N(c3ccccc3)c3ccc(C)cc3)cc1c1ccccc21. The fourth-order valence-electron chi connectivity index (χ4n) is 9.67. The fraction of sp³-hybridized carbons (Fsp3) is 0.0667. The topological polar surface area (TPSA) is 6.48 Å². The number of hydrogen-bond donors (Lipinski definition) is 0. The fourth-order valence-corrected chi connectivity index (χ4v) is 9.67. The third-order valence-electron chi connectivity index (χ3n) is 12.5. The summed E-state index contributed by atoms with van der Waals surface area (Å²) in [5.41, 5.74) is 15.5. The van der Waals surface area contributed by atoms with E-state index in [9.17, 15) is 0 Å². The van der Waals surface area contributed by atoms with Crippen molar-refractivity contribution in [2.75, 3.05) is 9.80 Å². The molecule has 0 amide bonds. The van der Waals surface area contributed by atoms with Crippen molar-refractivity contribution >= 4 is 55.7 Å². The Kier molecular flexibility index (Phi) is 9.98. The summed E-state index contributed by atoms with van der Waals surface area (Å²) >= 11 is 0. The van der Waals surface area contributed by atoms with Gasteiger partial charge in [-0.05, 0) is 149 Å². The summed E-state index contributed by atoms with van der Waals surface area (Å²) < 4.78 is 0. The molecular weight excluding hydrogens is 749 g/mol. The summed E-state index contributed by atoms with van der Waals surface area (Å²) in [6.07, 6.45) is 8.53. The van der Waals surface area contributed by atoms with Crippen LogP contribution in [-0.4, -0.2) is 0 Å². The number of hydrogen-bond acceptors (Lipinski definition) is 2. The summed E-state index contributed by atoms with van der Waals surface area (Å²) in [6.45, 7) is 11.4. The molecule has 0 aliphatic heterocycles. The van der Waals surface area contributed by atoms with Crippen molar-refractivity contribution in [3.8, 4) is 11.1 Å². The smallest absolute Gasteiger partial charge is 0.0714 e. The van der Waals surface area contributed by atoms with E-state index < -0.39 is 5.41 Å². The number of allylic oxidation sites excluding steroid dienone is 5. The maximum Gasteiger partial charge on any atom is 0.0714 e. The van der Waals surface area contributed by atoms with E-state index in [2.05, 4.69) is 255 Å². The minimum atomic E-state index is -0.741. The number of aryl methyl sites for hydroxylation is 2. The van der Waals surface area contributed by atoms with Gasteiger partial charge in [-0.1, -0.05) is 169 Å². The van der Waals surface area contributed by atoms with E-state index in [0.29, 0.717) is 0 Å². The summed E-state index contributed by atoms with van der Waals surface area (Å²) in [4.78, 5) is 4.75. The summed E-state index contributed by atoms with van der Waals surface area (Å²) in [6, 6.07) is 73.3. The van der Waals surface area contributed by atoms with Gasteiger partial charge in [0, 0.05) is 34.1 Å². The van der Waals surface area contributed by atoms with Gasteiger partial charge in [0.2, 0.25) is 0 Å². The van der Waals surface area contributed by atoms with E-state index in [-0.39, 0.29) is 0 Å². The zero-order valence-corrected chi connectivity index (χ0v) is 35.5. The molecule has 298 valence electrons. The zero-order chi connectivity index (χ0) is 42.2. The predicted molar refractivity (Wildman–Crippen MR) is 265 cm³/mol. The molecule has 1 unspecified atom stereocenters. The monoisotopic (exact) mass is 796 g/mol. The number of anilines is 6. The molecule has 0 bridgehead atoms. The summed E-state index contributed by atoms with van der Waals surface area (Å²) in [7, 11) is 0. The van der Waals surface area contributed by atoms with Crippen molar-refractivity contribution in [1.29, 1.82) is 0 Å². The third-order valence-corrected chi connectivity index (χ3v) is 12.5. The molecule has 1 aliphatic carbocycles. The van der Waals surface area contributed by atoms with E-state index in [1.807, 2.05) is 0 Å². The molecule has 10 rings (SSSR count). The number of nitrogens with zero attached hydrogens (tertiary/aromatic N) is 2. The molecule has 9 aromatic carbocycles. The average Bonchev–Trinajstić information content (AvgIpc) is 3.63. The lowest BCUT2D eigenvalue weighted by Crippen LogP contribution is -2.29. The molecule has 0 heterocycles.